The van der Waals surface area contributed by atoms with E-state index in [1.54, 1.807) is 0 Å². The summed E-state index contributed by atoms with van der Waals surface area (Å²) in [5.41, 5.74) is 5.32. The molecule has 2 nitrogen and oxygen atoms in total. The Bertz CT molecular complexity index is 366. The monoisotopic (exact) mass is 229 g/mol. The second-order valence-electron chi connectivity index (χ2n) is 4.36. The van der Waals surface area contributed by atoms with E-state index in [0.717, 1.165) is 18.6 Å². The van der Waals surface area contributed by atoms with E-state index in [2.05, 4.69) is 13.8 Å². The van der Waals surface area contributed by atoms with Gasteiger partial charge in [-0.15, -0.1) is 0 Å². The fourth-order valence-electron chi connectivity index (χ4n) is 1.59. The molecular formula is C12H17F2NO. The highest BCUT2D eigenvalue weighted by Crippen LogP contribution is 2.27. The molecule has 0 aromatic heterocycles. The van der Waals surface area contributed by atoms with Crippen LogP contribution < -0.4 is 10.5 Å². The molecule has 1 unspecified atom stereocenters. The van der Waals surface area contributed by atoms with Gasteiger partial charge < -0.3 is 10.5 Å². The van der Waals surface area contributed by atoms with Crippen molar-refractivity contribution < 1.29 is 13.5 Å². The third-order valence-corrected chi connectivity index (χ3v) is 2.19. The molecule has 1 rings (SSSR count). The first-order valence-electron chi connectivity index (χ1n) is 5.31. The first-order chi connectivity index (χ1) is 7.40. The summed E-state index contributed by atoms with van der Waals surface area (Å²) in [5, 5.41) is 0. The number of benzene rings is 1. The van der Waals surface area contributed by atoms with Crippen molar-refractivity contribution in [2.24, 2.45) is 5.92 Å². The highest BCUT2D eigenvalue weighted by molar-refractivity contribution is 5.53. The average molecular weight is 229 g/mol. The average Bonchev–Trinajstić information content (AvgIpc) is 2.11. The number of nitrogens with two attached hydrogens (primary N) is 1. The molecule has 4 heteroatoms. The van der Waals surface area contributed by atoms with E-state index in [1.807, 2.05) is 6.92 Å². The molecule has 0 aliphatic rings. The van der Waals surface area contributed by atoms with E-state index < -0.39 is 11.6 Å². The minimum absolute atomic E-state index is 0.0747. The van der Waals surface area contributed by atoms with Gasteiger partial charge in [0.2, 0.25) is 0 Å². The Hall–Kier alpha value is -1.32. The van der Waals surface area contributed by atoms with Gasteiger partial charge >= 0.3 is 0 Å². The second kappa shape index (κ2) is 5.14. The molecule has 0 aliphatic carbocycles. The number of rotatable bonds is 4. The minimum Gasteiger partial charge on any atom is -0.488 e. The lowest BCUT2D eigenvalue weighted by Crippen LogP contribution is -2.15. The lowest BCUT2D eigenvalue weighted by molar-refractivity contribution is 0.193. The molecule has 0 bridgehead atoms. The first kappa shape index (κ1) is 12.7. The van der Waals surface area contributed by atoms with Crippen molar-refractivity contribution in [2.45, 2.75) is 33.3 Å². The van der Waals surface area contributed by atoms with Gasteiger partial charge in [0.25, 0.3) is 0 Å². The molecule has 1 aromatic carbocycles. The van der Waals surface area contributed by atoms with Crippen molar-refractivity contribution in [3.63, 3.8) is 0 Å². The van der Waals surface area contributed by atoms with Gasteiger partial charge in [-0.1, -0.05) is 13.8 Å². The number of ether oxygens (including phenoxy) is 1. The molecule has 0 spiro atoms. The summed E-state index contributed by atoms with van der Waals surface area (Å²) < 4.78 is 31.5. The van der Waals surface area contributed by atoms with Gasteiger partial charge in [0.05, 0.1) is 6.10 Å². The number of hydrogen-bond donors (Lipinski definition) is 1. The number of nitrogen functional groups attached to an aromatic ring is 1. The van der Waals surface area contributed by atoms with E-state index in [0.29, 0.717) is 5.92 Å². The Morgan fingerprint density at radius 2 is 1.88 bits per heavy atom. The maximum atomic E-state index is 13.1. The lowest BCUT2D eigenvalue weighted by Gasteiger charge is -2.18. The Balaban J connectivity index is 2.80. The molecule has 2 N–H and O–H groups in total. The molecule has 16 heavy (non-hydrogen) atoms. The van der Waals surface area contributed by atoms with Crippen LogP contribution in [-0.4, -0.2) is 6.10 Å². The third kappa shape index (κ3) is 3.36. The van der Waals surface area contributed by atoms with Gasteiger partial charge in [-0.25, -0.2) is 8.78 Å². The molecular weight excluding hydrogens is 212 g/mol. The van der Waals surface area contributed by atoms with Crippen molar-refractivity contribution >= 4 is 5.69 Å². The predicted octanol–water partition coefficient (Wildman–Crippen LogP) is 3.36. The zero-order valence-corrected chi connectivity index (χ0v) is 9.76. The van der Waals surface area contributed by atoms with Crippen LogP contribution in [-0.2, 0) is 0 Å². The van der Waals surface area contributed by atoms with Gasteiger partial charge in [0.15, 0.2) is 5.82 Å². The molecule has 0 saturated heterocycles. The first-order valence-corrected chi connectivity index (χ1v) is 5.31. The van der Waals surface area contributed by atoms with Crippen LogP contribution in [0.3, 0.4) is 0 Å². The Labute approximate surface area is 94.4 Å². The van der Waals surface area contributed by atoms with Gasteiger partial charge in [-0.2, -0.15) is 0 Å². The number of anilines is 1. The van der Waals surface area contributed by atoms with Crippen molar-refractivity contribution in [3.05, 3.63) is 23.8 Å². The van der Waals surface area contributed by atoms with Crippen LogP contribution in [0.25, 0.3) is 0 Å². The van der Waals surface area contributed by atoms with Crippen LogP contribution in [0.5, 0.6) is 5.75 Å². The van der Waals surface area contributed by atoms with Crippen molar-refractivity contribution in [1.29, 1.82) is 0 Å². The fraction of sp³-hybridized carbons (Fsp3) is 0.500. The van der Waals surface area contributed by atoms with Crippen LogP contribution in [0.4, 0.5) is 14.5 Å². The van der Waals surface area contributed by atoms with E-state index in [9.17, 15) is 8.78 Å². The van der Waals surface area contributed by atoms with Crippen LogP contribution in [0, 0.1) is 17.6 Å². The van der Waals surface area contributed by atoms with Gasteiger partial charge in [0, 0.05) is 12.1 Å². The quantitative estimate of drug-likeness (QED) is 0.803. The maximum Gasteiger partial charge on any atom is 0.152 e. The zero-order valence-electron chi connectivity index (χ0n) is 9.76. The predicted molar refractivity (Wildman–Crippen MR) is 60.3 cm³/mol. The highest BCUT2D eigenvalue weighted by Gasteiger charge is 2.13. The Morgan fingerprint density at radius 1 is 1.25 bits per heavy atom. The smallest absolute Gasteiger partial charge is 0.152 e. The van der Waals surface area contributed by atoms with E-state index in [1.165, 1.54) is 0 Å². The number of halogens is 2. The summed E-state index contributed by atoms with van der Waals surface area (Å²) in [6, 6.07) is 1.85. The van der Waals surface area contributed by atoms with Gasteiger partial charge in [-0.05, 0) is 19.3 Å². The zero-order chi connectivity index (χ0) is 12.3. The molecule has 1 aromatic rings. The SMILES string of the molecule is CC(C)CC(C)Oc1cc(F)cc(F)c1N. The molecule has 0 saturated carbocycles. The van der Waals surface area contributed by atoms with Crippen molar-refractivity contribution in [2.75, 3.05) is 5.73 Å². The third-order valence-electron chi connectivity index (χ3n) is 2.19. The summed E-state index contributed by atoms with van der Waals surface area (Å²) in [4.78, 5) is 0. The normalized spacial score (nSPS) is 12.9. The Kier molecular flexibility index (Phi) is 4.10. The van der Waals surface area contributed by atoms with E-state index in [-0.39, 0.29) is 17.5 Å². The summed E-state index contributed by atoms with van der Waals surface area (Å²) in [6.45, 7) is 5.95. The molecule has 1 atom stereocenters. The van der Waals surface area contributed by atoms with E-state index in [4.69, 9.17) is 10.5 Å². The minimum atomic E-state index is -0.785. The maximum absolute atomic E-state index is 13.1. The largest absolute Gasteiger partial charge is 0.488 e. The van der Waals surface area contributed by atoms with Crippen LogP contribution in [0.15, 0.2) is 12.1 Å². The summed E-state index contributed by atoms with van der Waals surface area (Å²) in [5.74, 6) is -0.939. The number of hydrogen-bond acceptors (Lipinski definition) is 2. The topological polar surface area (TPSA) is 35.2 Å². The summed E-state index contributed by atoms with van der Waals surface area (Å²) in [7, 11) is 0. The summed E-state index contributed by atoms with van der Waals surface area (Å²) in [6.07, 6.45) is 0.681. The molecule has 0 heterocycles. The second-order valence-corrected chi connectivity index (χ2v) is 4.36. The molecule has 0 amide bonds. The van der Waals surface area contributed by atoms with E-state index >= 15 is 0 Å². The highest BCUT2D eigenvalue weighted by atomic mass is 19.1. The molecule has 0 aliphatic heterocycles. The summed E-state index contributed by atoms with van der Waals surface area (Å²) >= 11 is 0. The van der Waals surface area contributed by atoms with Crippen molar-refractivity contribution in [1.82, 2.24) is 0 Å². The fourth-order valence-corrected chi connectivity index (χ4v) is 1.59. The van der Waals surface area contributed by atoms with Gasteiger partial charge in [-0.3, -0.25) is 0 Å². The van der Waals surface area contributed by atoms with Crippen LogP contribution in [0.2, 0.25) is 0 Å². The van der Waals surface area contributed by atoms with Crippen molar-refractivity contribution in [3.8, 4) is 5.75 Å². The standard InChI is InChI=1S/C12H17F2NO/c1-7(2)4-8(3)16-11-6-9(13)5-10(14)12(11)15/h5-8H,4,15H2,1-3H3. The Morgan fingerprint density at radius 3 is 2.44 bits per heavy atom. The lowest BCUT2D eigenvalue weighted by atomic mass is 10.1. The molecule has 0 radical (unpaired) electrons. The van der Waals surface area contributed by atoms with Crippen LogP contribution in [0.1, 0.15) is 27.2 Å². The molecule has 0 fully saturated rings. The van der Waals surface area contributed by atoms with Crippen LogP contribution >= 0.6 is 0 Å². The van der Waals surface area contributed by atoms with Gasteiger partial charge in [0.1, 0.15) is 17.3 Å². The molecule has 90 valence electrons.